The van der Waals surface area contributed by atoms with Crippen LogP contribution in [-0.4, -0.2) is 23.6 Å². The highest BCUT2D eigenvalue weighted by atomic mass is 16.5. The van der Waals surface area contributed by atoms with Gasteiger partial charge in [-0.15, -0.1) is 0 Å². The molecule has 0 aromatic heterocycles. The molecule has 0 saturated heterocycles. The van der Waals surface area contributed by atoms with E-state index in [9.17, 15) is 9.59 Å². The molecule has 0 atom stereocenters. The number of fused-ring (bicyclic) bond motifs is 1. The topological polar surface area (TPSA) is 75.6 Å². The van der Waals surface area contributed by atoms with Gasteiger partial charge < -0.3 is 15.2 Å². The van der Waals surface area contributed by atoms with Crippen molar-refractivity contribution in [1.29, 1.82) is 0 Å². The Morgan fingerprint density at radius 2 is 2.22 bits per heavy atom. The van der Waals surface area contributed by atoms with Gasteiger partial charge in [-0.05, 0) is 37.0 Å². The molecule has 1 aliphatic heterocycles. The lowest BCUT2D eigenvalue weighted by molar-refractivity contribution is -0.143. The number of carbonyl (C=O) groups is 2. The molecule has 2 aliphatic rings. The Kier molecular flexibility index (Phi) is 2.29. The maximum Gasteiger partial charge on any atom is 0.309 e. The van der Waals surface area contributed by atoms with Crippen molar-refractivity contribution >= 4 is 17.6 Å². The third kappa shape index (κ3) is 1.81. The van der Waals surface area contributed by atoms with E-state index in [4.69, 9.17) is 9.84 Å². The predicted octanol–water partition coefficient (Wildman–Crippen LogP) is 1.42. The molecule has 0 bridgehead atoms. The number of carbonyl (C=O) groups excluding carboxylic acids is 1. The highest BCUT2D eigenvalue weighted by Gasteiger charge is 2.50. The number of ether oxygens (including phenoxy) is 1. The second-order valence-electron chi connectivity index (χ2n) is 4.93. The van der Waals surface area contributed by atoms with Gasteiger partial charge in [0.15, 0.2) is 6.61 Å². The van der Waals surface area contributed by atoms with Crippen LogP contribution in [0, 0.1) is 5.41 Å². The van der Waals surface area contributed by atoms with Crippen LogP contribution in [0.2, 0.25) is 0 Å². The van der Waals surface area contributed by atoms with Crippen molar-refractivity contribution in [2.24, 2.45) is 5.41 Å². The van der Waals surface area contributed by atoms with Crippen molar-refractivity contribution in [1.82, 2.24) is 0 Å². The van der Waals surface area contributed by atoms with Crippen LogP contribution in [-0.2, 0) is 16.0 Å². The van der Waals surface area contributed by atoms with Crippen molar-refractivity contribution in [3.8, 4) is 5.75 Å². The molecule has 0 spiro atoms. The Labute approximate surface area is 104 Å². The zero-order valence-electron chi connectivity index (χ0n) is 9.73. The summed E-state index contributed by atoms with van der Waals surface area (Å²) in [7, 11) is 0. The van der Waals surface area contributed by atoms with Crippen LogP contribution in [0.15, 0.2) is 18.2 Å². The lowest BCUT2D eigenvalue weighted by Gasteiger charge is -2.19. The van der Waals surface area contributed by atoms with Crippen LogP contribution in [0.4, 0.5) is 5.69 Å². The number of rotatable bonds is 3. The van der Waals surface area contributed by atoms with E-state index in [2.05, 4.69) is 5.32 Å². The number of carboxylic acid groups (broad SMARTS) is 1. The van der Waals surface area contributed by atoms with Crippen LogP contribution in [0.25, 0.3) is 0 Å². The molecule has 3 rings (SSSR count). The van der Waals surface area contributed by atoms with Crippen LogP contribution < -0.4 is 10.1 Å². The van der Waals surface area contributed by atoms with Gasteiger partial charge in [0.25, 0.3) is 5.91 Å². The Balaban J connectivity index is 1.84. The fourth-order valence-electron chi connectivity index (χ4n) is 2.25. The fourth-order valence-corrected chi connectivity index (χ4v) is 2.25. The van der Waals surface area contributed by atoms with Gasteiger partial charge in [-0.3, -0.25) is 9.59 Å². The lowest BCUT2D eigenvalue weighted by atomic mass is 9.96. The van der Waals surface area contributed by atoms with E-state index < -0.39 is 11.4 Å². The quantitative estimate of drug-likeness (QED) is 0.847. The number of aliphatic carboxylic acids is 1. The van der Waals surface area contributed by atoms with Gasteiger partial charge in [-0.1, -0.05) is 6.07 Å². The number of anilines is 1. The molecule has 1 aromatic rings. The summed E-state index contributed by atoms with van der Waals surface area (Å²) < 4.78 is 5.26. The first-order valence-corrected chi connectivity index (χ1v) is 5.88. The molecule has 2 N–H and O–H groups in total. The van der Waals surface area contributed by atoms with E-state index in [1.165, 1.54) is 0 Å². The van der Waals surface area contributed by atoms with Gasteiger partial charge in [-0.25, -0.2) is 0 Å². The van der Waals surface area contributed by atoms with Crippen molar-refractivity contribution in [3.63, 3.8) is 0 Å². The zero-order valence-corrected chi connectivity index (χ0v) is 9.73. The number of nitrogens with one attached hydrogen (secondary N) is 1. The second-order valence-corrected chi connectivity index (χ2v) is 4.93. The smallest absolute Gasteiger partial charge is 0.309 e. The first-order chi connectivity index (χ1) is 8.59. The molecule has 5 heteroatoms. The van der Waals surface area contributed by atoms with E-state index in [-0.39, 0.29) is 12.5 Å². The first-order valence-electron chi connectivity index (χ1n) is 5.88. The molecular formula is C13H13NO4. The minimum Gasteiger partial charge on any atom is -0.482 e. The average molecular weight is 247 g/mol. The van der Waals surface area contributed by atoms with Gasteiger partial charge >= 0.3 is 5.97 Å². The molecule has 1 aliphatic carbocycles. The Morgan fingerprint density at radius 1 is 1.44 bits per heavy atom. The Bertz CT molecular complexity index is 534. The van der Waals surface area contributed by atoms with E-state index in [0.29, 0.717) is 17.9 Å². The summed E-state index contributed by atoms with van der Waals surface area (Å²) >= 11 is 0. The summed E-state index contributed by atoms with van der Waals surface area (Å²) in [6.07, 6.45) is 1.95. The molecule has 1 aromatic carbocycles. The first kappa shape index (κ1) is 11.1. The minimum atomic E-state index is -0.736. The maximum absolute atomic E-state index is 11.2. The molecule has 94 valence electrons. The predicted molar refractivity (Wildman–Crippen MR) is 63.6 cm³/mol. The second kappa shape index (κ2) is 3.73. The molecule has 1 saturated carbocycles. The Hall–Kier alpha value is -2.04. The molecule has 1 fully saturated rings. The number of hydrogen-bond acceptors (Lipinski definition) is 3. The molecular weight excluding hydrogens is 234 g/mol. The highest BCUT2D eigenvalue weighted by Crippen LogP contribution is 2.49. The summed E-state index contributed by atoms with van der Waals surface area (Å²) in [4.78, 5) is 22.3. The number of benzene rings is 1. The van der Waals surface area contributed by atoms with Crippen molar-refractivity contribution in [3.05, 3.63) is 23.8 Å². The average Bonchev–Trinajstić information content (AvgIpc) is 3.09. The van der Waals surface area contributed by atoms with E-state index in [1.54, 1.807) is 12.1 Å². The molecule has 1 heterocycles. The van der Waals surface area contributed by atoms with Crippen molar-refractivity contribution < 1.29 is 19.4 Å². The molecule has 1 amide bonds. The van der Waals surface area contributed by atoms with Crippen LogP contribution in [0.5, 0.6) is 5.75 Å². The van der Waals surface area contributed by atoms with E-state index in [1.807, 2.05) is 6.07 Å². The van der Waals surface area contributed by atoms with Crippen molar-refractivity contribution in [2.45, 2.75) is 19.3 Å². The van der Waals surface area contributed by atoms with Gasteiger partial charge in [0.2, 0.25) is 0 Å². The van der Waals surface area contributed by atoms with Crippen molar-refractivity contribution in [2.75, 3.05) is 11.9 Å². The molecule has 18 heavy (non-hydrogen) atoms. The third-order valence-corrected chi connectivity index (χ3v) is 3.53. The summed E-state index contributed by atoms with van der Waals surface area (Å²) in [5.41, 5.74) is 0.956. The van der Waals surface area contributed by atoms with Gasteiger partial charge in [0.1, 0.15) is 5.75 Å². The van der Waals surface area contributed by atoms with Gasteiger partial charge in [0, 0.05) is 0 Å². The summed E-state index contributed by atoms with van der Waals surface area (Å²) in [5, 5.41) is 11.9. The van der Waals surface area contributed by atoms with E-state index >= 15 is 0 Å². The maximum atomic E-state index is 11.2. The van der Waals surface area contributed by atoms with Crippen LogP contribution in [0.1, 0.15) is 18.4 Å². The van der Waals surface area contributed by atoms with E-state index in [0.717, 1.165) is 18.4 Å². The van der Waals surface area contributed by atoms with Crippen LogP contribution >= 0.6 is 0 Å². The summed E-state index contributed by atoms with van der Waals surface area (Å²) in [6, 6.07) is 5.44. The Morgan fingerprint density at radius 3 is 2.89 bits per heavy atom. The zero-order chi connectivity index (χ0) is 12.8. The highest BCUT2D eigenvalue weighted by molar-refractivity contribution is 5.95. The SMILES string of the molecule is O=C1COc2ccc(CC3(C(=O)O)CC3)cc2N1. The number of hydrogen-bond donors (Lipinski definition) is 2. The monoisotopic (exact) mass is 247 g/mol. The van der Waals surface area contributed by atoms with Gasteiger partial charge in [-0.2, -0.15) is 0 Å². The summed E-state index contributed by atoms with van der Waals surface area (Å²) in [6.45, 7) is 0.0331. The number of amides is 1. The van der Waals surface area contributed by atoms with Gasteiger partial charge in [0.05, 0.1) is 11.1 Å². The minimum absolute atomic E-state index is 0.0331. The van der Waals surface area contributed by atoms with Crippen LogP contribution in [0.3, 0.4) is 0 Å². The molecule has 5 nitrogen and oxygen atoms in total. The molecule has 0 radical (unpaired) electrons. The fraction of sp³-hybridized carbons (Fsp3) is 0.385. The standard InChI is InChI=1S/C13H13NO4/c15-11-7-18-10-2-1-8(5-9(10)14-11)6-13(3-4-13)12(16)17/h1-2,5H,3-4,6-7H2,(H,14,15)(H,16,17). The normalized spacial score (nSPS) is 19.4. The third-order valence-electron chi connectivity index (χ3n) is 3.53. The largest absolute Gasteiger partial charge is 0.482 e. The number of carboxylic acids is 1. The summed E-state index contributed by atoms with van der Waals surface area (Å²) in [5.74, 6) is -0.280. The molecule has 0 unspecified atom stereocenters. The lowest BCUT2D eigenvalue weighted by Crippen LogP contribution is -2.25.